The van der Waals surface area contributed by atoms with E-state index in [0.29, 0.717) is 12.4 Å². The Morgan fingerprint density at radius 1 is 1.07 bits per heavy atom. The number of ether oxygens (including phenoxy) is 1. The highest BCUT2D eigenvalue weighted by Gasteiger charge is 2.14. The van der Waals surface area contributed by atoms with Gasteiger partial charge < -0.3 is 10.1 Å². The molecule has 2 aromatic carbocycles. The average Bonchev–Trinajstić information content (AvgIpc) is 3.02. The Balaban J connectivity index is 1.68. The minimum atomic E-state index is -0.0904. The van der Waals surface area contributed by atoms with Gasteiger partial charge in [0.2, 0.25) is 5.91 Å². The van der Waals surface area contributed by atoms with E-state index < -0.39 is 0 Å². The number of carbonyl (C=O) groups is 1. The lowest BCUT2D eigenvalue weighted by Crippen LogP contribution is -2.30. The summed E-state index contributed by atoms with van der Waals surface area (Å²) in [6.07, 6.45) is 0. The van der Waals surface area contributed by atoms with Crippen LogP contribution in [0.3, 0.4) is 0 Å². The largest absolute Gasteiger partial charge is 0.496 e. The summed E-state index contributed by atoms with van der Waals surface area (Å²) in [5.41, 5.74) is 5.16. The Hall–Kier alpha value is -3.12. The maximum atomic E-state index is 12.7. The van der Waals surface area contributed by atoms with Gasteiger partial charge in [-0.3, -0.25) is 9.69 Å². The van der Waals surface area contributed by atoms with Crippen LogP contribution in [0, 0.1) is 20.8 Å². The molecular weight excluding hydrogens is 364 g/mol. The quantitative estimate of drug-likeness (QED) is 0.663. The van der Waals surface area contributed by atoms with Gasteiger partial charge in [0.15, 0.2) is 0 Å². The van der Waals surface area contributed by atoms with E-state index in [1.54, 1.807) is 11.8 Å². The Labute approximate surface area is 172 Å². The number of methoxy groups -OCH3 is 1. The Bertz CT molecular complexity index is 993. The van der Waals surface area contributed by atoms with Gasteiger partial charge in [-0.05, 0) is 46.0 Å². The van der Waals surface area contributed by atoms with Crippen molar-refractivity contribution in [3.8, 4) is 11.4 Å². The van der Waals surface area contributed by atoms with E-state index in [9.17, 15) is 4.79 Å². The van der Waals surface area contributed by atoms with Crippen molar-refractivity contribution < 1.29 is 9.53 Å². The van der Waals surface area contributed by atoms with Crippen LogP contribution in [-0.2, 0) is 11.3 Å². The Morgan fingerprint density at radius 2 is 1.76 bits per heavy atom. The van der Waals surface area contributed by atoms with Crippen molar-refractivity contribution in [3.63, 3.8) is 0 Å². The highest BCUT2D eigenvalue weighted by Crippen LogP contribution is 2.21. The molecule has 0 spiro atoms. The third kappa shape index (κ3) is 5.23. The molecule has 0 fully saturated rings. The first-order valence-corrected chi connectivity index (χ1v) is 9.61. The lowest BCUT2D eigenvalue weighted by atomic mass is 10.1. The molecule has 0 atom stereocenters. The molecule has 6 nitrogen and oxygen atoms in total. The minimum Gasteiger partial charge on any atom is -0.496 e. The van der Waals surface area contributed by atoms with Crippen LogP contribution in [-0.4, -0.2) is 41.3 Å². The van der Waals surface area contributed by atoms with E-state index in [4.69, 9.17) is 4.74 Å². The number of amides is 1. The summed E-state index contributed by atoms with van der Waals surface area (Å²) in [4.78, 5) is 14.6. The van der Waals surface area contributed by atoms with Gasteiger partial charge in [-0.2, -0.15) is 5.10 Å². The monoisotopic (exact) mass is 392 g/mol. The zero-order chi connectivity index (χ0) is 21.0. The maximum Gasteiger partial charge on any atom is 0.239 e. The summed E-state index contributed by atoms with van der Waals surface area (Å²) >= 11 is 0. The Morgan fingerprint density at radius 3 is 2.45 bits per heavy atom. The number of likely N-dealkylation sites (N-methyl/N-ethyl adjacent to an activating group) is 1. The van der Waals surface area contributed by atoms with Gasteiger partial charge in [0.05, 0.1) is 25.0 Å². The molecule has 1 amide bonds. The minimum absolute atomic E-state index is 0.0904. The van der Waals surface area contributed by atoms with E-state index in [1.807, 2.05) is 75.2 Å². The van der Waals surface area contributed by atoms with Crippen molar-refractivity contribution in [2.24, 2.45) is 0 Å². The number of hydrogen-bond acceptors (Lipinski definition) is 4. The second kappa shape index (κ2) is 8.92. The second-order valence-electron chi connectivity index (χ2n) is 7.45. The molecule has 1 aromatic heterocycles. The fraction of sp³-hybridized carbons (Fsp3) is 0.304. The zero-order valence-electron chi connectivity index (χ0n) is 17.7. The van der Waals surface area contributed by atoms with Crippen molar-refractivity contribution in [1.29, 1.82) is 0 Å². The lowest BCUT2D eigenvalue weighted by Gasteiger charge is -2.18. The van der Waals surface area contributed by atoms with Crippen LogP contribution >= 0.6 is 0 Å². The van der Waals surface area contributed by atoms with Gasteiger partial charge >= 0.3 is 0 Å². The molecule has 0 bridgehead atoms. The third-order valence-electron chi connectivity index (χ3n) is 4.67. The molecule has 0 aliphatic carbocycles. The van der Waals surface area contributed by atoms with Crippen molar-refractivity contribution in [2.75, 3.05) is 26.0 Å². The molecule has 6 heteroatoms. The number of rotatable bonds is 7. The number of aromatic nitrogens is 2. The van der Waals surface area contributed by atoms with E-state index in [2.05, 4.69) is 16.5 Å². The smallest absolute Gasteiger partial charge is 0.239 e. The van der Waals surface area contributed by atoms with Gasteiger partial charge in [-0.25, -0.2) is 4.68 Å². The molecule has 0 radical (unpaired) electrons. The molecule has 0 saturated heterocycles. The number of benzene rings is 2. The number of carbonyl (C=O) groups excluding carboxylic acids is 1. The first-order valence-electron chi connectivity index (χ1n) is 9.61. The molecular formula is C23H28N4O2. The Kier molecular flexibility index (Phi) is 6.34. The number of nitrogens with one attached hydrogen (secondary N) is 1. The standard InChI is InChI=1S/C23H28N4O2/c1-16-6-9-20(10-7-16)27-22(13-18(3)25-27)24-23(28)15-26(4)14-19-12-17(2)8-11-21(19)29-5/h6-13H,14-15H2,1-5H3,(H,24,28). The predicted octanol–water partition coefficient (Wildman–Crippen LogP) is 3.88. The van der Waals surface area contributed by atoms with Gasteiger partial charge in [-0.1, -0.05) is 35.4 Å². The SMILES string of the molecule is COc1ccc(C)cc1CN(C)CC(=O)Nc1cc(C)nn1-c1ccc(C)cc1. The molecule has 3 rings (SSSR count). The highest BCUT2D eigenvalue weighted by molar-refractivity contribution is 5.91. The van der Waals surface area contributed by atoms with Gasteiger partial charge in [-0.15, -0.1) is 0 Å². The van der Waals surface area contributed by atoms with Crippen LogP contribution in [0.4, 0.5) is 5.82 Å². The molecule has 0 saturated carbocycles. The summed E-state index contributed by atoms with van der Waals surface area (Å²) in [5, 5.41) is 7.50. The normalized spacial score (nSPS) is 11.0. The summed E-state index contributed by atoms with van der Waals surface area (Å²) < 4.78 is 7.20. The number of anilines is 1. The third-order valence-corrected chi connectivity index (χ3v) is 4.67. The van der Waals surface area contributed by atoms with E-state index in [1.165, 1.54) is 5.56 Å². The van der Waals surface area contributed by atoms with Crippen molar-refractivity contribution in [1.82, 2.24) is 14.7 Å². The molecule has 152 valence electrons. The van der Waals surface area contributed by atoms with Crippen LogP contribution in [0.25, 0.3) is 5.69 Å². The molecule has 3 aromatic rings. The summed E-state index contributed by atoms with van der Waals surface area (Å²) in [7, 11) is 3.58. The lowest BCUT2D eigenvalue weighted by molar-refractivity contribution is -0.117. The molecule has 1 N–H and O–H groups in total. The van der Waals surface area contributed by atoms with Crippen molar-refractivity contribution in [2.45, 2.75) is 27.3 Å². The van der Waals surface area contributed by atoms with Crippen LogP contribution in [0.5, 0.6) is 5.75 Å². The molecule has 29 heavy (non-hydrogen) atoms. The predicted molar refractivity (Wildman–Crippen MR) is 116 cm³/mol. The fourth-order valence-electron chi connectivity index (χ4n) is 3.28. The van der Waals surface area contributed by atoms with E-state index in [0.717, 1.165) is 28.3 Å². The molecule has 0 aliphatic heterocycles. The topological polar surface area (TPSA) is 59.4 Å². The zero-order valence-corrected chi connectivity index (χ0v) is 17.7. The van der Waals surface area contributed by atoms with Crippen LogP contribution < -0.4 is 10.1 Å². The molecule has 1 heterocycles. The van der Waals surface area contributed by atoms with E-state index >= 15 is 0 Å². The highest BCUT2D eigenvalue weighted by atomic mass is 16.5. The van der Waals surface area contributed by atoms with Crippen molar-refractivity contribution in [3.05, 3.63) is 70.9 Å². The number of aryl methyl sites for hydroxylation is 3. The summed E-state index contributed by atoms with van der Waals surface area (Å²) in [6.45, 7) is 6.88. The first kappa shape index (κ1) is 20.6. The fourth-order valence-corrected chi connectivity index (χ4v) is 3.28. The summed E-state index contributed by atoms with van der Waals surface area (Å²) in [6, 6.07) is 16.0. The van der Waals surface area contributed by atoms with E-state index in [-0.39, 0.29) is 12.5 Å². The molecule has 0 unspecified atom stereocenters. The van der Waals surface area contributed by atoms with Crippen LogP contribution in [0.15, 0.2) is 48.5 Å². The van der Waals surface area contributed by atoms with Gasteiger partial charge in [0.25, 0.3) is 0 Å². The van der Waals surface area contributed by atoms with Crippen LogP contribution in [0.2, 0.25) is 0 Å². The second-order valence-corrected chi connectivity index (χ2v) is 7.45. The number of nitrogens with zero attached hydrogens (tertiary/aromatic N) is 3. The van der Waals surface area contributed by atoms with Crippen molar-refractivity contribution >= 4 is 11.7 Å². The van der Waals surface area contributed by atoms with Gasteiger partial charge in [0.1, 0.15) is 11.6 Å². The average molecular weight is 393 g/mol. The first-order chi connectivity index (χ1) is 13.9. The van der Waals surface area contributed by atoms with Crippen LogP contribution in [0.1, 0.15) is 22.4 Å². The maximum absolute atomic E-state index is 12.7. The molecule has 0 aliphatic rings. The number of hydrogen-bond donors (Lipinski definition) is 1. The summed E-state index contributed by atoms with van der Waals surface area (Å²) in [5.74, 6) is 1.40. The van der Waals surface area contributed by atoms with Gasteiger partial charge in [0, 0.05) is 18.2 Å².